The number of amides is 4. The van der Waals surface area contributed by atoms with Gasteiger partial charge in [0.1, 0.15) is 5.75 Å². The maximum Gasteiger partial charge on any atom is 0.335 e. The van der Waals surface area contributed by atoms with Gasteiger partial charge in [0.05, 0.1) is 40.1 Å². The van der Waals surface area contributed by atoms with Crippen molar-refractivity contribution in [3.8, 4) is 5.75 Å². The quantitative estimate of drug-likeness (QED) is 0.153. The number of imide groups is 2. The summed E-state index contributed by atoms with van der Waals surface area (Å²) in [7, 11) is 0. The fourth-order valence-electron chi connectivity index (χ4n) is 8.88. The minimum absolute atomic E-state index is 0.0616. The number of aromatic hydroxyl groups is 1. The summed E-state index contributed by atoms with van der Waals surface area (Å²) in [5, 5.41) is 22.2. The molecule has 6 atom stereocenters. The van der Waals surface area contributed by atoms with Crippen LogP contribution >= 0.6 is 15.9 Å². The van der Waals surface area contributed by atoms with Crippen LogP contribution in [0.5, 0.6) is 5.75 Å². The van der Waals surface area contributed by atoms with Crippen molar-refractivity contribution in [1.29, 1.82) is 0 Å². The molecule has 2 aliphatic heterocycles. The van der Waals surface area contributed by atoms with Gasteiger partial charge in [0, 0.05) is 16.0 Å². The van der Waals surface area contributed by atoms with E-state index >= 15 is 4.79 Å². The molecule has 51 heavy (non-hydrogen) atoms. The number of nitrogens with one attached hydrogen (secondary N) is 1. The zero-order valence-electron chi connectivity index (χ0n) is 27.3. The zero-order chi connectivity index (χ0) is 35.8. The van der Waals surface area contributed by atoms with E-state index in [1.807, 2.05) is 55.5 Å². The molecule has 8 rings (SSSR count). The van der Waals surface area contributed by atoms with Crippen molar-refractivity contribution in [3.63, 3.8) is 0 Å². The van der Waals surface area contributed by atoms with Crippen LogP contribution < -0.4 is 10.3 Å². The SMILES string of the molecule is Cc1ccc(NN2C(=O)C3CC4C(=CCC5C(=O)N(c6cccc(C(=O)O)c6)C(=O)C54)C(c4cc(Br)ccc4O)C3(c3ccccc3)C2=O)cc1. The van der Waals surface area contributed by atoms with Crippen LogP contribution in [-0.4, -0.2) is 44.8 Å². The minimum Gasteiger partial charge on any atom is -0.508 e. The highest BCUT2D eigenvalue weighted by Crippen LogP contribution is 2.65. The normalized spacial score (nSPS) is 26.8. The van der Waals surface area contributed by atoms with E-state index in [-0.39, 0.29) is 29.8 Å². The van der Waals surface area contributed by atoms with Crippen molar-refractivity contribution in [2.24, 2.45) is 23.7 Å². The first-order valence-corrected chi connectivity index (χ1v) is 17.5. The maximum absolute atomic E-state index is 15.2. The van der Waals surface area contributed by atoms with Crippen LogP contribution in [0.15, 0.2) is 113 Å². The Kier molecular flexibility index (Phi) is 7.71. The van der Waals surface area contributed by atoms with Gasteiger partial charge in [0.25, 0.3) is 11.8 Å². The Labute approximate surface area is 301 Å². The molecule has 2 saturated heterocycles. The van der Waals surface area contributed by atoms with Gasteiger partial charge in [-0.25, -0.2) is 4.79 Å². The molecule has 4 aliphatic rings. The number of carbonyl (C=O) groups excluding carboxylic acids is 4. The number of carboxylic acids is 1. The third-order valence-corrected chi connectivity index (χ3v) is 11.5. The fraction of sp³-hybridized carbons (Fsp3) is 0.225. The third-order valence-electron chi connectivity index (χ3n) is 11.0. The van der Waals surface area contributed by atoms with Gasteiger partial charge in [-0.15, -0.1) is 0 Å². The highest BCUT2D eigenvalue weighted by molar-refractivity contribution is 9.10. The smallest absolute Gasteiger partial charge is 0.335 e. The Bertz CT molecular complexity index is 2190. The Morgan fingerprint density at radius 2 is 1.61 bits per heavy atom. The van der Waals surface area contributed by atoms with Crippen LogP contribution in [0.2, 0.25) is 0 Å². The van der Waals surface area contributed by atoms with Crippen LogP contribution in [0.3, 0.4) is 0 Å². The first kappa shape index (κ1) is 32.6. The summed E-state index contributed by atoms with van der Waals surface area (Å²) >= 11 is 3.55. The van der Waals surface area contributed by atoms with E-state index in [1.54, 1.807) is 24.3 Å². The second-order valence-electron chi connectivity index (χ2n) is 13.7. The standard InChI is InChI=1S/C40H32BrN3O7/c1-21-10-13-25(14-11-21)42-44-36(47)31-20-29-27(15-16-28-33(29)37(48)43(35(28)46)26-9-5-6-22(18-26)38(49)50)34(30-19-24(41)12-17-32(30)45)40(31,39(44)51)23-7-3-2-4-8-23/h2-15,17-19,28-29,31,33-34,42,45H,16,20H2,1H3,(H,49,50). The molecule has 4 aromatic carbocycles. The van der Waals surface area contributed by atoms with Crippen molar-refractivity contribution >= 4 is 56.9 Å². The summed E-state index contributed by atoms with van der Waals surface area (Å²) in [5.74, 6) is -7.32. The highest BCUT2D eigenvalue weighted by Gasteiger charge is 2.70. The van der Waals surface area contributed by atoms with Gasteiger partial charge in [0.15, 0.2) is 0 Å². The molecule has 0 spiro atoms. The summed E-state index contributed by atoms with van der Waals surface area (Å²) in [6.45, 7) is 1.94. The van der Waals surface area contributed by atoms with E-state index in [4.69, 9.17) is 0 Å². The summed E-state index contributed by atoms with van der Waals surface area (Å²) < 4.78 is 0.648. The van der Waals surface area contributed by atoms with E-state index in [1.165, 1.54) is 30.3 Å². The first-order chi connectivity index (χ1) is 24.5. The van der Waals surface area contributed by atoms with Gasteiger partial charge in [-0.3, -0.25) is 29.5 Å². The Balaban J connectivity index is 1.31. The predicted molar refractivity (Wildman–Crippen MR) is 190 cm³/mol. The number of carbonyl (C=O) groups is 5. The molecule has 1 saturated carbocycles. The van der Waals surface area contributed by atoms with Gasteiger partial charge >= 0.3 is 5.97 Å². The van der Waals surface area contributed by atoms with E-state index in [2.05, 4.69) is 21.4 Å². The van der Waals surface area contributed by atoms with Crippen molar-refractivity contribution in [2.45, 2.75) is 31.1 Å². The number of hydrogen-bond donors (Lipinski definition) is 3. The molecule has 2 aliphatic carbocycles. The number of hydrazine groups is 1. The molecule has 0 bridgehead atoms. The molecule has 256 valence electrons. The number of halogens is 1. The number of hydrogen-bond acceptors (Lipinski definition) is 7. The van der Waals surface area contributed by atoms with Gasteiger partial charge in [-0.2, -0.15) is 5.01 Å². The number of carboxylic acid groups (broad SMARTS) is 1. The number of phenols is 1. The monoisotopic (exact) mass is 745 g/mol. The van der Waals surface area contributed by atoms with Crippen LogP contribution in [-0.2, 0) is 24.6 Å². The Hall–Kier alpha value is -5.55. The van der Waals surface area contributed by atoms with Gasteiger partial charge in [0.2, 0.25) is 11.8 Å². The number of fused-ring (bicyclic) bond motifs is 4. The minimum atomic E-state index is -1.52. The topological polar surface area (TPSA) is 144 Å². The number of benzene rings is 4. The molecule has 2 heterocycles. The molecule has 3 N–H and O–H groups in total. The second-order valence-corrected chi connectivity index (χ2v) is 14.6. The lowest BCUT2D eigenvalue weighted by atomic mass is 9.49. The van der Waals surface area contributed by atoms with Crippen LogP contribution in [0.1, 0.15) is 45.8 Å². The van der Waals surface area contributed by atoms with E-state index in [9.17, 15) is 29.4 Å². The average molecular weight is 747 g/mol. The molecule has 4 amide bonds. The molecule has 10 nitrogen and oxygen atoms in total. The molecular formula is C40H32BrN3O7. The number of aromatic carboxylic acids is 1. The zero-order valence-corrected chi connectivity index (χ0v) is 28.9. The summed E-state index contributed by atoms with van der Waals surface area (Å²) in [6, 6.07) is 27.1. The van der Waals surface area contributed by atoms with Gasteiger partial charge in [-0.1, -0.05) is 81.7 Å². The molecule has 3 fully saturated rings. The predicted octanol–water partition coefficient (Wildman–Crippen LogP) is 6.35. The number of nitrogens with zero attached hydrogens (tertiary/aromatic N) is 2. The number of phenolic OH excluding ortho intramolecular Hbond substituents is 1. The molecule has 11 heteroatoms. The summed E-state index contributed by atoms with van der Waals surface area (Å²) in [5.41, 5.74) is 4.89. The number of aryl methyl sites for hydroxylation is 1. The van der Waals surface area contributed by atoms with Crippen LogP contribution in [0.25, 0.3) is 0 Å². The van der Waals surface area contributed by atoms with Crippen LogP contribution in [0.4, 0.5) is 11.4 Å². The average Bonchev–Trinajstić information content (AvgIpc) is 3.51. The van der Waals surface area contributed by atoms with Crippen molar-refractivity contribution in [2.75, 3.05) is 10.3 Å². The van der Waals surface area contributed by atoms with Crippen molar-refractivity contribution in [3.05, 3.63) is 135 Å². The number of allylic oxidation sites excluding steroid dienone is 2. The largest absolute Gasteiger partial charge is 0.508 e. The Morgan fingerprint density at radius 3 is 2.33 bits per heavy atom. The molecule has 0 radical (unpaired) electrons. The van der Waals surface area contributed by atoms with E-state index in [0.717, 1.165) is 15.5 Å². The van der Waals surface area contributed by atoms with Crippen molar-refractivity contribution < 1.29 is 34.2 Å². The molecule has 4 aromatic rings. The van der Waals surface area contributed by atoms with Crippen molar-refractivity contribution in [1.82, 2.24) is 5.01 Å². The third kappa shape index (κ3) is 4.85. The lowest BCUT2D eigenvalue weighted by Gasteiger charge is -2.50. The number of rotatable bonds is 6. The molecule has 0 aromatic heterocycles. The molecule has 6 unspecified atom stereocenters. The number of anilines is 2. The van der Waals surface area contributed by atoms with Gasteiger partial charge in [-0.05, 0) is 79.8 Å². The van der Waals surface area contributed by atoms with Crippen LogP contribution in [0, 0.1) is 30.6 Å². The fourth-order valence-corrected chi connectivity index (χ4v) is 9.26. The first-order valence-electron chi connectivity index (χ1n) is 16.7. The second kappa shape index (κ2) is 12.1. The lowest BCUT2D eigenvalue weighted by molar-refractivity contribution is -0.138. The van der Waals surface area contributed by atoms with Gasteiger partial charge < -0.3 is 10.2 Å². The van der Waals surface area contributed by atoms with E-state index in [0.29, 0.717) is 26.9 Å². The summed E-state index contributed by atoms with van der Waals surface area (Å²) in [4.78, 5) is 71.3. The van der Waals surface area contributed by atoms with E-state index < -0.39 is 64.6 Å². The highest BCUT2D eigenvalue weighted by atomic mass is 79.9. The summed E-state index contributed by atoms with van der Waals surface area (Å²) in [6.07, 6.45) is 2.18. The molecular weight excluding hydrogens is 714 g/mol. The Morgan fingerprint density at radius 1 is 0.863 bits per heavy atom. The lowest BCUT2D eigenvalue weighted by Crippen LogP contribution is -2.53. The maximum atomic E-state index is 15.2.